The minimum atomic E-state index is -0.503. The van der Waals surface area contributed by atoms with Crippen LogP contribution in [0.25, 0.3) is 0 Å². The summed E-state index contributed by atoms with van der Waals surface area (Å²) < 4.78 is 12.9. The molecule has 27 heavy (non-hydrogen) atoms. The van der Waals surface area contributed by atoms with Crippen LogP contribution in [0.3, 0.4) is 0 Å². The molecule has 0 saturated carbocycles. The highest BCUT2D eigenvalue weighted by Crippen LogP contribution is 2.12. The summed E-state index contributed by atoms with van der Waals surface area (Å²) in [5.41, 5.74) is 7.71. The fourth-order valence-electron chi connectivity index (χ4n) is 2.21. The van der Waals surface area contributed by atoms with E-state index in [2.05, 4.69) is 10.6 Å². The van der Waals surface area contributed by atoms with Crippen LogP contribution < -0.4 is 16.4 Å². The summed E-state index contributed by atoms with van der Waals surface area (Å²) in [5.74, 6) is -0.0310. The summed E-state index contributed by atoms with van der Waals surface area (Å²) in [4.78, 5) is 24.0. The van der Waals surface area contributed by atoms with Gasteiger partial charge in [-0.25, -0.2) is 4.39 Å². The van der Waals surface area contributed by atoms with Gasteiger partial charge in [0.25, 0.3) is 5.91 Å². The lowest BCUT2D eigenvalue weighted by Gasteiger charge is -2.12. The molecule has 0 spiro atoms. The van der Waals surface area contributed by atoms with Gasteiger partial charge in [0, 0.05) is 17.8 Å². The predicted molar refractivity (Wildman–Crippen MR) is 111 cm³/mol. The SMILES string of the molecule is CSCC[C@H](N)C(=O)NCc1ccc(NC(=O)c2ccc(F)cc2)cc1.Cl. The van der Waals surface area contributed by atoms with Gasteiger partial charge in [0.1, 0.15) is 5.82 Å². The Labute approximate surface area is 168 Å². The van der Waals surface area contributed by atoms with Crippen molar-refractivity contribution in [3.8, 4) is 0 Å². The van der Waals surface area contributed by atoms with Crippen molar-refractivity contribution >= 4 is 41.7 Å². The van der Waals surface area contributed by atoms with Crippen molar-refractivity contribution in [2.45, 2.75) is 19.0 Å². The standard InChI is InChI=1S/C19H22FN3O2S.ClH/c1-26-11-10-17(21)19(25)22-12-13-2-8-16(9-3-13)23-18(24)14-4-6-15(20)7-5-14;/h2-9,17H,10-12,21H2,1H3,(H,22,25)(H,23,24);1H/t17-;/m0./s1. The summed E-state index contributed by atoms with van der Waals surface area (Å²) in [6.07, 6.45) is 2.61. The molecular weight excluding hydrogens is 389 g/mol. The number of hydrogen-bond donors (Lipinski definition) is 3. The number of benzene rings is 2. The number of nitrogens with two attached hydrogens (primary N) is 1. The first-order chi connectivity index (χ1) is 12.5. The predicted octanol–water partition coefficient (Wildman–Crippen LogP) is 3.20. The molecular formula is C19H23ClFN3O2S. The first kappa shape index (κ1) is 23.0. The monoisotopic (exact) mass is 411 g/mol. The van der Waals surface area contributed by atoms with Crippen LogP contribution in [-0.4, -0.2) is 29.9 Å². The van der Waals surface area contributed by atoms with E-state index in [-0.39, 0.29) is 30.0 Å². The third-order valence-electron chi connectivity index (χ3n) is 3.75. The highest BCUT2D eigenvalue weighted by Gasteiger charge is 2.12. The Balaban J connectivity index is 0.00000364. The number of thioether (sulfide) groups is 1. The van der Waals surface area contributed by atoms with Gasteiger partial charge in [-0.1, -0.05) is 12.1 Å². The number of nitrogens with one attached hydrogen (secondary N) is 2. The normalized spacial score (nSPS) is 11.2. The van der Waals surface area contributed by atoms with Crippen molar-refractivity contribution in [2.24, 2.45) is 5.73 Å². The van der Waals surface area contributed by atoms with Gasteiger partial charge in [-0.3, -0.25) is 9.59 Å². The zero-order chi connectivity index (χ0) is 18.9. The van der Waals surface area contributed by atoms with Crippen LogP contribution in [-0.2, 0) is 11.3 Å². The smallest absolute Gasteiger partial charge is 0.255 e. The van der Waals surface area contributed by atoms with Gasteiger partial charge in [-0.15, -0.1) is 12.4 Å². The van der Waals surface area contributed by atoms with Crippen LogP contribution in [0.2, 0.25) is 0 Å². The van der Waals surface area contributed by atoms with Crippen LogP contribution in [0, 0.1) is 5.82 Å². The summed E-state index contributed by atoms with van der Waals surface area (Å²) in [6.45, 7) is 0.373. The number of halogens is 2. The van der Waals surface area contributed by atoms with Crippen molar-refractivity contribution in [3.05, 3.63) is 65.5 Å². The van der Waals surface area contributed by atoms with Crippen molar-refractivity contribution in [2.75, 3.05) is 17.3 Å². The summed E-state index contributed by atoms with van der Waals surface area (Å²) in [6, 6.07) is 11.9. The molecule has 0 unspecified atom stereocenters. The third kappa shape index (κ3) is 7.58. The quantitative estimate of drug-likeness (QED) is 0.622. The molecule has 2 aromatic rings. The molecule has 0 aromatic heterocycles. The number of rotatable bonds is 8. The summed E-state index contributed by atoms with van der Waals surface area (Å²) >= 11 is 1.65. The fraction of sp³-hybridized carbons (Fsp3) is 0.263. The van der Waals surface area contributed by atoms with E-state index < -0.39 is 6.04 Å². The Hall–Kier alpha value is -2.09. The fourth-order valence-corrected chi connectivity index (χ4v) is 2.70. The van der Waals surface area contributed by atoms with Crippen molar-refractivity contribution < 1.29 is 14.0 Å². The van der Waals surface area contributed by atoms with Crippen LogP contribution >= 0.6 is 24.2 Å². The van der Waals surface area contributed by atoms with Crippen molar-refractivity contribution in [1.29, 1.82) is 0 Å². The first-order valence-electron chi connectivity index (χ1n) is 8.17. The van der Waals surface area contributed by atoms with E-state index in [1.54, 1.807) is 23.9 Å². The first-order valence-corrected chi connectivity index (χ1v) is 9.57. The molecule has 5 nitrogen and oxygen atoms in total. The molecule has 0 radical (unpaired) electrons. The summed E-state index contributed by atoms with van der Waals surface area (Å²) in [7, 11) is 0. The molecule has 2 amide bonds. The lowest BCUT2D eigenvalue weighted by molar-refractivity contribution is -0.122. The Morgan fingerprint density at radius 3 is 2.33 bits per heavy atom. The second kappa shape index (κ2) is 11.6. The Bertz CT molecular complexity index is 742. The number of amides is 2. The number of anilines is 1. The molecule has 2 rings (SSSR count). The van der Waals surface area contributed by atoms with Crippen molar-refractivity contribution in [3.63, 3.8) is 0 Å². The van der Waals surface area contributed by atoms with Gasteiger partial charge in [-0.05, 0) is 60.4 Å². The molecule has 0 aliphatic carbocycles. The zero-order valence-electron chi connectivity index (χ0n) is 14.9. The van der Waals surface area contributed by atoms with E-state index >= 15 is 0 Å². The maximum absolute atomic E-state index is 12.9. The van der Waals surface area contributed by atoms with Crippen LogP contribution in [0.1, 0.15) is 22.3 Å². The van der Waals surface area contributed by atoms with Gasteiger partial charge >= 0.3 is 0 Å². The van der Waals surface area contributed by atoms with Crippen LogP contribution in [0.5, 0.6) is 0 Å². The molecule has 0 fully saturated rings. The molecule has 0 saturated heterocycles. The second-order valence-corrected chi connectivity index (χ2v) is 6.75. The van der Waals surface area contributed by atoms with Gasteiger partial charge in [0.2, 0.25) is 5.91 Å². The Morgan fingerprint density at radius 1 is 1.11 bits per heavy atom. The summed E-state index contributed by atoms with van der Waals surface area (Å²) in [5, 5.41) is 5.54. The second-order valence-electron chi connectivity index (χ2n) is 5.76. The lowest BCUT2D eigenvalue weighted by atomic mass is 10.1. The van der Waals surface area contributed by atoms with Gasteiger partial charge in [0.05, 0.1) is 6.04 Å². The van der Waals surface area contributed by atoms with Crippen molar-refractivity contribution in [1.82, 2.24) is 5.32 Å². The lowest BCUT2D eigenvalue weighted by Crippen LogP contribution is -2.40. The molecule has 0 aliphatic rings. The van der Waals surface area contributed by atoms with E-state index in [9.17, 15) is 14.0 Å². The molecule has 4 N–H and O–H groups in total. The van der Waals surface area contributed by atoms with E-state index in [1.165, 1.54) is 24.3 Å². The van der Waals surface area contributed by atoms with E-state index in [1.807, 2.05) is 18.4 Å². The van der Waals surface area contributed by atoms with E-state index in [0.717, 1.165) is 11.3 Å². The van der Waals surface area contributed by atoms with E-state index in [0.29, 0.717) is 24.2 Å². The van der Waals surface area contributed by atoms with Gasteiger partial charge < -0.3 is 16.4 Å². The molecule has 1 atom stereocenters. The Kier molecular flexibility index (Phi) is 9.85. The van der Waals surface area contributed by atoms with Gasteiger partial charge in [-0.2, -0.15) is 11.8 Å². The number of hydrogen-bond acceptors (Lipinski definition) is 4. The van der Waals surface area contributed by atoms with Gasteiger partial charge in [0.15, 0.2) is 0 Å². The molecule has 146 valence electrons. The maximum atomic E-state index is 12.9. The largest absolute Gasteiger partial charge is 0.351 e. The molecule has 0 bridgehead atoms. The molecule has 8 heteroatoms. The molecule has 0 heterocycles. The Morgan fingerprint density at radius 2 is 1.74 bits per heavy atom. The molecule has 2 aromatic carbocycles. The average molecular weight is 412 g/mol. The van der Waals surface area contributed by atoms with Crippen LogP contribution in [0.15, 0.2) is 48.5 Å². The minimum Gasteiger partial charge on any atom is -0.351 e. The minimum absolute atomic E-state index is 0. The maximum Gasteiger partial charge on any atom is 0.255 e. The number of carbonyl (C=O) groups excluding carboxylic acids is 2. The van der Waals surface area contributed by atoms with Crippen LogP contribution in [0.4, 0.5) is 10.1 Å². The topological polar surface area (TPSA) is 84.2 Å². The highest BCUT2D eigenvalue weighted by atomic mass is 35.5. The number of carbonyl (C=O) groups is 2. The third-order valence-corrected chi connectivity index (χ3v) is 4.40. The highest BCUT2D eigenvalue weighted by molar-refractivity contribution is 7.98. The average Bonchev–Trinajstić information content (AvgIpc) is 2.65. The van der Waals surface area contributed by atoms with E-state index in [4.69, 9.17) is 5.73 Å². The zero-order valence-corrected chi connectivity index (χ0v) is 16.5. The molecule has 0 aliphatic heterocycles.